The fraction of sp³-hybridized carbons (Fsp3) is 0.296. The number of carbonyl (C=O) groups excluding carboxylic acids is 1. The number of nitrogens with zero attached hydrogens (tertiary/aromatic N) is 2. The molecule has 0 aromatic heterocycles. The number of ether oxygens (including phenoxy) is 1. The van der Waals surface area contributed by atoms with E-state index in [-0.39, 0.29) is 17.6 Å². The molecule has 0 fully saturated rings. The molecule has 5 heteroatoms. The highest BCUT2D eigenvalue weighted by atomic mass is 19.1. The molecule has 1 amide bonds. The van der Waals surface area contributed by atoms with E-state index in [1.807, 2.05) is 55.4 Å². The van der Waals surface area contributed by atoms with E-state index in [2.05, 4.69) is 6.07 Å². The normalized spacial score (nSPS) is 15.1. The first kappa shape index (κ1) is 21.9. The number of carbonyl (C=O) groups is 1. The minimum Gasteiger partial charge on any atom is -0.497 e. The van der Waals surface area contributed by atoms with Crippen LogP contribution in [0.3, 0.4) is 0 Å². The molecule has 3 aromatic carbocycles. The van der Waals surface area contributed by atoms with Gasteiger partial charge in [-0.25, -0.2) is 4.39 Å². The summed E-state index contributed by atoms with van der Waals surface area (Å²) >= 11 is 0. The zero-order valence-electron chi connectivity index (χ0n) is 18.8. The predicted octanol–water partition coefficient (Wildman–Crippen LogP) is 5.55. The number of fused-ring (bicyclic) bond motifs is 1. The second-order valence-electron chi connectivity index (χ2n) is 8.47. The van der Waals surface area contributed by atoms with Crippen molar-refractivity contribution >= 4 is 17.3 Å². The first-order chi connectivity index (χ1) is 15.5. The summed E-state index contributed by atoms with van der Waals surface area (Å²) in [7, 11) is 5.64. The van der Waals surface area contributed by atoms with Crippen molar-refractivity contribution in [1.82, 2.24) is 0 Å². The SMILES string of the molecule is COc1ccc2c(c1)C(C(=O)N(Cc1ccc(N(C)C)cc1)c1ccc(F)cc1)CCC2. The molecule has 0 N–H and O–H groups in total. The van der Waals surface area contributed by atoms with Crippen molar-refractivity contribution in [3.63, 3.8) is 0 Å². The maximum absolute atomic E-state index is 13.9. The van der Waals surface area contributed by atoms with Gasteiger partial charge in [0.2, 0.25) is 5.91 Å². The fourth-order valence-corrected chi connectivity index (χ4v) is 4.35. The molecule has 4 rings (SSSR count). The number of amides is 1. The second-order valence-corrected chi connectivity index (χ2v) is 8.47. The molecule has 0 radical (unpaired) electrons. The Kier molecular flexibility index (Phi) is 6.45. The summed E-state index contributed by atoms with van der Waals surface area (Å²) in [6.07, 6.45) is 2.71. The van der Waals surface area contributed by atoms with Crippen molar-refractivity contribution in [2.75, 3.05) is 31.0 Å². The van der Waals surface area contributed by atoms with Crippen molar-refractivity contribution in [2.24, 2.45) is 0 Å². The van der Waals surface area contributed by atoms with Crippen molar-refractivity contribution in [1.29, 1.82) is 0 Å². The van der Waals surface area contributed by atoms with Crippen LogP contribution in [-0.4, -0.2) is 27.1 Å². The minimum absolute atomic E-state index is 0.0301. The van der Waals surface area contributed by atoms with Crippen LogP contribution >= 0.6 is 0 Å². The molecule has 0 saturated carbocycles. The average molecular weight is 433 g/mol. The first-order valence-electron chi connectivity index (χ1n) is 11.0. The van der Waals surface area contributed by atoms with E-state index in [0.717, 1.165) is 41.8 Å². The highest BCUT2D eigenvalue weighted by molar-refractivity contribution is 5.98. The molecule has 3 aromatic rings. The Morgan fingerprint density at radius 3 is 2.34 bits per heavy atom. The molecular weight excluding hydrogens is 403 g/mol. The number of hydrogen-bond acceptors (Lipinski definition) is 3. The number of hydrogen-bond donors (Lipinski definition) is 0. The predicted molar refractivity (Wildman–Crippen MR) is 127 cm³/mol. The molecular formula is C27H29FN2O2. The Balaban J connectivity index is 1.69. The van der Waals surface area contributed by atoms with E-state index in [4.69, 9.17) is 4.74 Å². The van der Waals surface area contributed by atoms with Crippen LogP contribution in [0.25, 0.3) is 0 Å². The smallest absolute Gasteiger partial charge is 0.234 e. The van der Waals surface area contributed by atoms with E-state index in [1.165, 1.54) is 17.7 Å². The van der Waals surface area contributed by atoms with E-state index in [1.54, 1.807) is 24.1 Å². The third-order valence-corrected chi connectivity index (χ3v) is 6.16. The molecule has 1 unspecified atom stereocenters. The number of rotatable bonds is 6. The molecule has 1 aliphatic rings. The van der Waals surface area contributed by atoms with Crippen molar-refractivity contribution in [2.45, 2.75) is 31.7 Å². The topological polar surface area (TPSA) is 32.8 Å². The molecule has 4 nitrogen and oxygen atoms in total. The van der Waals surface area contributed by atoms with Crippen molar-refractivity contribution < 1.29 is 13.9 Å². The quantitative estimate of drug-likeness (QED) is 0.512. The lowest BCUT2D eigenvalue weighted by atomic mass is 9.81. The van der Waals surface area contributed by atoms with Crippen LogP contribution in [0.1, 0.15) is 35.4 Å². The Morgan fingerprint density at radius 2 is 1.69 bits per heavy atom. The zero-order valence-corrected chi connectivity index (χ0v) is 18.8. The summed E-state index contributed by atoms with van der Waals surface area (Å²) in [4.78, 5) is 17.7. The van der Waals surface area contributed by atoms with E-state index in [9.17, 15) is 9.18 Å². The van der Waals surface area contributed by atoms with Gasteiger partial charge < -0.3 is 14.5 Å². The average Bonchev–Trinajstić information content (AvgIpc) is 2.82. The second kappa shape index (κ2) is 9.43. The standard InChI is InChI=1S/C27H29FN2O2/c1-29(2)22-12-7-19(8-13-22)18-30(23-14-10-21(28)11-15-23)27(31)25-6-4-5-20-9-16-24(32-3)17-26(20)25/h7-17,25H,4-6,18H2,1-3H3. The van der Waals surface area contributed by atoms with Crippen LogP contribution in [0, 0.1) is 5.82 Å². The Morgan fingerprint density at radius 1 is 1.00 bits per heavy atom. The number of aryl methyl sites for hydroxylation is 1. The lowest BCUT2D eigenvalue weighted by molar-refractivity contribution is -0.120. The van der Waals surface area contributed by atoms with Gasteiger partial charge in [0, 0.05) is 25.5 Å². The fourth-order valence-electron chi connectivity index (χ4n) is 4.35. The summed E-state index contributed by atoms with van der Waals surface area (Å²) in [5.74, 6) is 0.225. The maximum Gasteiger partial charge on any atom is 0.234 e. The third-order valence-electron chi connectivity index (χ3n) is 6.16. The van der Waals surface area contributed by atoms with Gasteiger partial charge in [0.15, 0.2) is 0 Å². The maximum atomic E-state index is 13.9. The number of anilines is 2. The van der Waals surface area contributed by atoms with Gasteiger partial charge in [-0.15, -0.1) is 0 Å². The van der Waals surface area contributed by atoms with Crippen molar-refractivity contribution in [3.05, 3.63) is 89.2 Å². The molecule has 0 heterocycles. The van der Waals surface area contributed by atoms with Gasteiger partial charge in [0.1, 0.15) is 11.6 Å². The molecule has 166 valence electrons. The van der Waals surface area contributed by atoms with E-state index in [0.29, 0.717) is 12.2 Å². The molecule has 1 aliphatic carbocycles. The zero-order chi connectivity index (χ0) is 22.7. The number of benzene rings is 3. The Hall–Kier alpha value is -3.34. The van der Waals surface area contributed by atoms with Crippen LogP contribution in [0.5, 0.6) is 5.75 Å². The highest BCUT2D eigenvalue weighted by Gasteiger charge is 2.31. The van der Waals surface area contributed by atoms with E-state index >= 15 is 0 Å². The number of halogens is 1. The summed E-state index contributed by atoms with van der Waals surface area (Å²) in [6, 6.07) is 20.3. The Labute approximate surface area is 189 Å². The minimum atomic E-state index is -0.316. The van der Waals surface area contributed by atoms with Crippen LogP contribution in [-0.2, 0) is 17.8 Å². The summed E-state index contributed by atoms with van der Waals surface area (Å²) < 4.78 is 19.0. The van der Waals surface area contributed by atoms with Gasteiger partial charge in [-0.2, -0.15) is 0 Å². The van der Waals surface area contributed by atoms with Crippen LogP contribution in [0.15, 0.2) is 66.7 Å². The van der Waals surface area contributed by atoms with Crippen LogP contribution in [0.4, 0.5) is 15.8 Å². The first-order valence-corrected chi connectivity index (χ1v) is 11.0. The summed E-state index contributed by atoms with van der Waals surface area (Å²) in [5, 5.41) is 0. The lowest BCUT2D eigenvalue weighted by Gasteiger charge is -2.31. The summed E-state index contributed by atoms with van der Waals surface area (Å²) in [6.45, 7) is 0.425. The highest BCUT2D eigenvalue weighted by Crippen LogP contribution is 2.36. The molecule has 0 aliphatic heterocycles. The van der Waals surface area contributed by atoms with Gasteiger partial charge in [-0.05, 0) is 84.5 Å². The molecule has 0 spiro atoms. The van der Waals surface area contributed by atoms with Gasteiger partial charge in [-0.3, -0.25) is 4.79 Å². The molecule has 0 bridgehead atoms. The summed E-state index contributed by atoms with van der Waals surface area (Å²) in [5.41, 5.74) is 5.06. The van der Waals surface area contributed by atoms with Gasteiger partial charge in [0.25, 0.3) is 0 Å². The number of methoxy groups -OCH3 is 1. The lowest BCUT2D eigenvalue weighted by Crippen LogP contribution is -2.36. The monoisotopic (exact) mass is 432 g/mol. The molecule has 32 heavy (non-hydrogen) atoms. The Bertz CT molecular complexity index is 1080. The van der Waals surface area contributed by atoms with Crippen molar-refractivity contribution in [3.8, 4) is 5.75 Å². The van der Waals surface area contributed by atoms with Gasteiger partial charge >= 0.3 is 0 Å². The van der Waals surface area contributed by atoms with Crippen LogP contribution < -0.4 is 14.5 Å². The van der Waals surface area contributed by atoms with E-state index < -0.39 is 0 Å². The van der Waals surface area contributed by atoms with Gasteiger partial charge in [0.05, 0.1) is 19.6 Å². The van der Waals surface area contributed by atoms with Crippen LogP contribution in [0.2, 0.25) is 0 Å². The molecule has 1 atom stereocenters. The third kappa shape index (κ3) is 4.62. The van der Waals surface area contributed by atoms with Gasteiger partial charge in [-0.1, -0.05) is 18.2 Å². The molecule has 0 saturated heterocycles. The largest absolute Gasteiger partial charge is 0.497 e.